The Hall–Kier alpha value is -4.55. The first-order valence-corrected chi connectivity index (χ1v) is 15.6. The van der Waals surface area contributed by atoms with Crippen LogP contribution in [0.3, 0.4) is 0 Å². The number of nitrogens with zero attached hydrogens (tertiary/aromatic N) is 4. The van der Waals surface area contributed by atoms with Crippen LogP contribution < -0.4 is 15.3 Å². The zero-order valence-electron chi connectivity index (χ0n) is 26.0. The van der Waals surface area contributed by atoms with E-state index < -0.39 is 67.8 Å². The number of nitrogens with two attached hydrogens (primary N) is 1. The molecule has 1 aromatic carbocycles. The number of carbonyl (C=O) groups excluding carboxylic acids is 3. The largest absolute Gasteiger partial charge is 0.459 e. The molecule has 0 radical (unpaired) electrons. The van der Waals surface area contributed by atoms with E-state index in [0.717, 1.165) is 13.8 Å². The fourth-order valence-corrected chi connectivity index (χ4v) is 6.19. The smallest absolute Gasteiger partial charge is 0.459 e. The van der Waals surface area contributed by atoms with E-state index >= 15 is 0 Å². The molecular formula is C29H35N6O10P. The maximum atomic E-state index is 14.2. The van der Waals surface area contributed by atoms with Crippen molar-refractivity contribution >= 4 is 37.0 Å². The molecule has 46 heavy (non-hydrogen) atoms. The van der Waals surface area contributed by atoms with Gasteiger partial charge in [-0.25, -0.2) is 14.1 Å². The van der Waals surface area contributed by atoms with Crippen molar-refractivity contribution in [2.45, 2.75) is 77.1 Å². The van der Waals surface area contributed by atoms with Gasteiger partial charge in [-0.2, -0.15) is 15.4 Å². The van der Waals surface area contributed by atoms with E-state index in [2.05, 4.69) is 15.2 Å². The Morgan fingerprint density at radius 1 is 1.15 bits per heavy atom. The molecule has 4 rings (SSSR count). The van der Waals surface area contributed by atoms with Crippen LogP contribution in [0.15, 0.2) is 48.8 Å². The summed E-state index contributed by atoms with van der Waals surface area (Å²) in [6.45, 7) is 7.77. The van der Waals surface area contributed by atoms with Gasteiger partial charge in [-0.3, -0.25) is 18.9 Å². The highest BCUT2D eigenvalue weighted by atomic mass is 31.2. The second-order valence-electron chi connectivity index (χ2n) is 11.4. The molecule has 1 saturated heterocycles. The number of benzene rings is 1. The van der Waals surface area contributed by atoms with Crippen molar-refractivity contribution in [1.29, 1.82) is 5.26 Å². The van der Waals surface area contributed by atoms with E-state index in [0.29, 0.717) is 5.52 Å². The van der Waals surface area contributed by atoms with Crippen molar-refractivity contribution in [2.75, 3.05) is 12.3 Å². The Bertz CT molecular complexity index is 1690. The van der Waals surface area contributed by atoms with Crippen molar-refractivity contribution in [2.24, 2.45) is 0 Å². The van der Waals surface area contributed by atoms with Crippen LogP contribution >= 0.6 is 7.75 Å². The van der Waals surface area contributed by atoms with Crippen LogP contribution in [0, 0.1) is 11.3 Å². The minimum atomic E-state index is -4.53. The first-order valence-electron chi connectivity index (χ1n) is 14.1. The minimum Gasteiger partial charge on any atom is -0.459 e. The van der Waals surface area contributed by atoms with Gasteiger partial charge in [0.1, 0.15) is 48.0 Å². The number of fused-ring (bicyclic) bond motifs is 1. The van der Waals surface area contributed by atoms with Crippen molar-refractivity contribution in [1.82, 2.24) is 19.7 Å². The Kier molecular flexibility index (Phi) is 10.0. The molecule has 1 fully saturated rings. The van der Waals surface area contributed by atoms with Crippen LogP contribution in [0.2, 0.25) is 0 Å². The zero-order valence-corrected chi connectivity index (χ0v) is 26.9. The molecule has 0 bridgehead atoms. The summed E-state index contributed by atoms with van der Waals surface area (Å²) in [4.78, 5) is 41.3. The number of esters is 3. The third-order valence-corrected chi connectivity index (χ3v) is 8.13. The number of hydrogen-bond acceptors (Lipinski definition) is 14. The maximum Gasteiger partial charge on any atom is 0.459 e. The third kappa shape index (κ3) is 7.80. The second-order valence-corrected chi connectivity index (χ2v) is 13.1. The van der Waals surface area contributed by atoms with Crippen molar-refractivity contribution in [3.05, 3.63) is 54.5 Å². The first kappa shape index (κ1) is 34.3. The summed E-state index contributed by atoms with van der Waals surface area (Å²) in [6.07, 6.45) is -3.07. The van der Waals surface area contributed by atoms with Crippen molar-refractivity contribution in [3.8, 4) is 11.8 Å². The molecule has 1 aliphatic rings. The van der Waals surface area contributed by atoms with Crippen LogP contribution in [-0.2, 0) is 42.4 Å². The van der Waals surface area contributed by atoms with E-state index in [1.807, 2.05) is 6.07 Å². The number of anilines is 1. The number of rotatable bonds is 11. The van der Waals surface area contributed by atoms with Gasteiger partial charge in [0.25, 0.3) is 0 Å². The number of aromatic nitrogens is 3. The van der Waals surface area contributed by atoms with Crippen LogP contribution in [0.25, 0.3) is 5.52 Å². The number of nitrogen functional groups attached to an aromatic ring is 1. The topological polar surface area (TPSA) is 216 Å². The third-order valence-electron chi connectivity index (χ3n) is 6.51. The predicted octanol–water partition coefficient (Wildman–Crippen LogP) is 3.03. The molecule has 246 valence electrons. The SMILES string of the molecule is CC(=O)O[C@H]1[C@H](c2ccc3c(N)ncnn23)O[C@](C#N)(CO[P@@](=O)(N[C@@H](C)C(=O)OC(C)(C)C)Oc2ccccc2)[C@H]1OC(C)=O. The Balaban J connectivity index is 1.74. The lowest BCUT2D eigenvalue weighted by Crippen LogP contribution is -2.49. The fourth-order valence-electron chi connectivity index (χ4n) is 4.67. The molecule has 0 unspecified atom stereocenters. The highest BCUT2D eigenvalue weighted by Crippen LogP contribution is 2.50. The van der Waals surface area contributed by atoms with Crippen LogP contribution in [0.4, 0.5) is 5.82 Å². The van der Waals surface area contributed by atoms with Gasteiger partial charge in [0.15, 0.2) is 18.0 Å². The van der Waals surface area contributed by atoms with Crippen LogP contribution in [-0.4, -0.2) is 68.6 Å². The molecule has 3 aromatic rings. The predicted molar refractivity (Wildman–Crippen MR) is 160 cm³/mol. The molecule has 6 atom stereocenters. The zero-order chi connectivity index (χ0) is 33.9. The quantitative estimate of drug-likeness (QED) is 0.172. The summed E-state index contributed by atoms with van der Waals surface area (Å²) >= 11 is 0. The van der Waals surface area contributed by atoms with Crippen molar-refractivity contribution < 1.29 is 46.9 Å². The lowest BCUT2D eigenvalue weighted by atomic mass is 9.95. The Morgan fingerprint density at radius 2 is 1.83 bits per heavy atom. The molecule has 0 saturated carbocycles. The lowest BCUT2D eigenvalue weighted by molar-refractivity contribution is -0.166. The Morgan fingerprint density at radius 3 is 2.43 bits per heavy atom. The van der Waals surface area contributed by atoms with E-state index in [9.17, 15) is 24.2 Å². The van der Waals surface area contributed by atoms with Gasteiger partial charge in [0.05, 0.1) is 5.69 Å². The van der Waals surface area contributed by atoms with Crippen LogP contribution in [0.1, 0.15) is 53.3 Å². The van der Waals surface area contributed by atoms with E-state index in [4.69, 9.17) is 33.7 Å². The van der Waals surface area contributed by atoms with Gasteiger partial charge in [-0.15, -0.1) is 0 Å². The monoisotopic (exact) mass is 658 g/mol. The lowest BCUT2D eigenvalue weighted by Gasteiger charge is -2.30. The summed E-state index contributed by atoms with van der Waals surface area (Å²) in [5.74, 6) is -2.12. The number of para-hydroxylation sites is 1. The van der Waals surface area contributed by atoms with Gasteiger partial charge < -0.3 is 29.2 Å². The van der Waals surface area contributed by atoms with Crippen molar-refractivity contribution in [3.63, 3.8) is 0 Å². The highest BCUT2D eigenvalue weighted by molar-refractivity contribution is 7.52. The first-order chi connectivity index (χ1) is 21.6. The normalized spacial score (nSPS) is 23.1. The summed E-state index contributed by atoms with van der Waals surface area (Å²) in [7, 11) is -4.53. The fraction of sp³-hybridized carbons (Fsp3) is 0.448. The number of nitrogens with one attached hydrogen (secondary N) is 1. The van der Waals surface area contributed by atoms with E-state index in [1.165, 1.54) is 29.9 Å². The number of ether oxygens (including phenoxy) is 4. The summed E-state index contributed by atoms with van der Waals surface area (Å²) < 4.78 is 49.8. The van der Waals surface area contributed by atoms with Gasteiger partial charge in [0.2, 0.25) is 5.60 Å². The highest BCUT2D eigenvalue weighted by Gasteiger charge is 2.62. The average molecular weight is 659 g/mol. The van der Waals surface area contributed by atoms with Gasteiger partial charge in [-0.1, -0.05) is 18.2 Å². The number of hydrogen-bond donors (Lipinski definition) is 2. The van der Waals surface area contributed by atoms with Gasteiger partial charge in [0, 0.05) is 13.8 Å². The maximum absolute atomic E-state index is 14.2. The second kappa shape index (κ2) is 13.4. The summed E-state index contributed by atoms with van der Waals surface area (Å²) in [5.41, 5.74) is 3.56. The molecule has 0 aliphatic carbocycles. The molecule has 16 nitrogen and oxygen atoms in total. The molecule has 2 aromatic heterocycles. The number of nitriles is 1. The van der Waals surface area contributed by atoms with E-state index in [-0.39, 0.29) is 17.3 Å². The molecule has 3 heterocycles. The molecular weight excluding hydrogens is 623 g/mol. The van der Waals surface area contributed by atoms with Crippen LogP contribution in [0.5, 0.6) is 5.75 Å². The molecule has 3 N–H and O–H groups in total. The molecule has 0 amide bonds. The number of carbonyl (C=O) groups is 3. The molecule has 17 heteroatoms. The standard InChI is InChI=1S/C29H35N6O10P/c1-17(27(38)44-28(4,5)6)34-46(39,45-20-10-8-7-9-11-20)40-15-29(14-30)25(42-19(3)37)24(41-18(2)36)23(43-29)21-12-13-22-26(31)32-16-33-35(21)22/h7-13,16-17,23-25H,15H2,1-6H3,(H,34,39)(H2,31,32,33)/t17-,23-,24-,25-,29+,46-/m0/s1. The summed E-state index contributed by atoms with van der Waals surface area (Å²) in [6, 6.07) is 11.8. The summed E-state index contributed by atoms with van der Waals surface area (Å²) in [5, 5.41) is 17.3. The van der Waals surface area contributed by atoms with Gasteiger partial charge >= 0.3 is 25.7 Å². The Labute approximate surface area is 264 Å². The molecule has 0 spiro atoms. The minimum absolute atomic E-state index is 0.109. The molecule has 1 aliphatic heterocycles. The van der Waals surface area contributed by atoms with Gasteiger partial charge in [-0.05, 0) is 52.0 Å². The van der Waals surface area contributed by atoms with E-state index in [1.54, 1.807) is 51.1 Å². The average Bonchev–Trinajstić information content (AvgIpc) is 3.52.